The number of hydrogen-bond donors (Lipinski definition) is 0. The van der Waals surface area contributed by atoms with Crippen molar-refractivity contribution in [1.82, 2.24) is 19.7 Å². The third kappa shape index (κ3) is 3.82. The normalized spacial score (nSPS) is 16.6. The van der Waals surface area contributed by atoms with Gasteiger partial charge in [0.15, 0.2) is 0 Å². The molecule has 2 atom stereocenters. The highest BCUT2D eigenvalue weighted by atomic mass is 16.5. The molecular formula is C18H24N4O2. The Morgan fingerprint density at radius 2 is 2.04 bits per heavy atom. The van der Waals surface area contributed by atoms with E-state index in [0.29, 0.717) is 12.5 Å². The van der Waals surface area contributed by atoms with Crippen molar-refractivity contribution in [2.75, 3.05) is 13.7 Å². The highest BCUT2D eigenvalue weighted by Crippen LogP contribution is 2.29. The van der Waals surface area contributed by atoms with E-state index >= 15 is 0 Å². The summed E-state index contributed by atoms with van der Waals surface area (Å²) in [5.41, 5.74) is 2.02. The van der Waals surface area contributed by atoms with Gasteiger partial charge in [-0.05, 0) is 50.3 Å². The highest BCUT2D eigenvalue weighted by Gasteiger charge is 2.27. The van der Waals surface area contributed by atoms with Crippen LogP contribution in [0, 0.1) is 5.92 Å². The van der Waals surface area contributed by atoms with Crippen LogP contribution < -0.4 is 0 Å². The minimum atomic E-state index is -0.396. The Bertz CT molecular complexity index is 665. The molecule has 0 N–H and O–H groups in total. The first-order valence-electron chi connectivity index (χ1n) is 8.39. The van der Waals surface area contributed by atoms with Gasteiger partial charge in [0.1, 0.15) is 18.8 Å². The van der Waals surface area contributed by atoms with Gasteiger partial charge in [-0.25, -0.2) is 9.67 Å². The number of hydrogen-bond acceptors (Lipinski definition) is 4. The molecule has 0 radical (unpaired) electrons. The minimum absolute atomic E-state index is 0.0171. The van der Waals surface area contributed by atoms with E-state index in [1.807, 2.05) is 45.2 Å². The topological polar surface area (TPSA) is 60.2 Å². The quantitative estimate of drug-likeness (QED) is 0.784. The third-order valence-corrected chi connectivity index (χ3v) is 4.61. The van der Waals surface area contributed by atoms with Gasteiger partial charge >= 0.3 is 0 Å². The van der Waals surface area contributed by atoms with Crippen LogP contribution in [-0.4, -0.2) is 45.3 Å². The molecule has 1 aliphatic rings. The minimum Gasteiger partial charge on any atom is -0.368 e. The third-order valence-electron chi connectivity index (χ3n) is 4.61. The molecule has 1 amide bonds. The van der Waals surface area contributed by atoms with E-state index in [9.17, 15) is 4.79 Å². The van der Waals surface area contributed by atoms with Gasteiger partial charge in [0.2, 0.25) is 0 Å². The summed E-state index contributed by atoms with van der Waals surface area (Å²) in [6.45, 7) is 4.56. The number of benzene rings is 1. The number of rotatable bonds is 7. The summed E-state index contributed by atoms with van der Waals surface area (Å²) in [6, 6.07) is 7.97. The van der Waals surface area contributed by atoms with E-state index in [2.05, 4.69) is 10.1 Å². The Morgan fingerprint density at radius 1 is 1.33 bits per heavy atom. The Hall–Kier alpha value is -2.21. The Balaban J connectivity index is 1.61. The molecule has 128 valence electrons. The smallest absolute Gasteiger partial charge is 0.251 e. The van der Waals surface area contributed by atoms with Crippen LogP contribution in [0.5, 0.6) is 0 Å². The van der Waals surface area contributed by atoms with Crippen molar-refractivity contribution in [3.05, 3.63) is 42.5 Å². The molecule has 0 aliphatic heterocycles. The van der Waals surface area contributed by atoms with E-state index in [4.69, 9.17) is 4.74 Å². The lowest BCUT2D eigenvalue weighted by atomic mass is 10.1. The number of amides is 1. The van der Waals surface area contributed by atoms with Crippen LogP contribution in [0.1, 0.15) is 38.3 Å². The lowest BCUT2D eigenvalue weighted by molar-refractivity contribution is -0.143. The fourth-order valence-corrected chi connectivity index (χ4v) is 2.58. The Labute approximate surface area is 142 Å². The van der Waals surface area contributed by atoms with Gasteiger partial charge in [-0.15, -0.1) is 0 Å². The van der Waals surface area contributed by atoms with Crippen LogP contribution in [0.2, 0.25) is 0 Å². The molecule has 2 unspecified atom stereocenters. The first-order chi connectivity index (χ1) is 11.6. The van der Waals surface area contributed by atoms with Crippen molar-refractivity contribution in [2.24, 2.45) is 5.92 Å². The van der Waals surface area contributed by atoms with Crippen molar-refractivity contribution < 1.29 is 9.53 Å². The van der Waals surface area contributed by atoms with E-state index in [1.165, 1.54) is 19.2 Å². The number of likely N-dealkylation sites (N-methyl/N-ethyl adjacent to an activating group) is 1. The first-order valence-corrected chi connectivity index (χ1v) is 8.39. The van der Waals surface area contributed by atoms with Crippen LogP contribution in [0.3, 0.4) is 0 Å². The summed E-state index contributed by atoms with van der Waals surface area (Å²) in [5, 5.41) is 4.11. The van der Waals surface area contributed by atoms with Gasteiger partial charge < -0.3 is 9.64 Å². The van der Waals surface area contributed by atoms with Crippen molar-refractivity contribution in [3.63, 3.8) is 0 Å². The van der Waals surface area contributed by atoms with E-state index in [0.717, 1.165) is 11.3 Å². The SMILES string of the molecule is CC(OCC1CC1)C(=O)N(C)C(C)c1ccc(-n2cncn2)cc1. The molecule has 1 aromatic heterocycles. The summed E-state index contributed by atoms with van der Waals surface area (Å²) in [7, 11) is 1.83. The number of carbonyl (C=O) groups excluding carboxylic acids is 1. The van der Waals surface area contributed by atoms with Gasteiger partial charge in [0.25, 0.3) is 5.91 Å². The molecule has 1 aromatic carbocycles. The summed E-state index contributed by atoms with van der Waals surface area (Å²) < 4.78 is 7.40. The second kappa shape index (κ2) is 7.13. The van der Waals surface area contributed by atoms with Crippen LogP contribution in [0.4, 0.5) is 0 Å². The first kappa shape index (κ1) is 16.6. The predicted molar refractivity (Wildman–Crippen MR) is 90.7 cm³/mol. The van der Waals surface area contributed by atoms with E-state index < -0.39 is 6.10 Å². The zero-order valence-electron chi connectivity index (χ0n) is 14.4. The van der Waals surface area contributed by atoms with Gasteiger partial charge in [-0.2, -0.15) is 5.10 Å². The van der Waals surface area contributed by atoms with Crippen LogP contribution in [0.25, 0.3) is 5.69 Å². The summed E-state index contributed by atoms with van der Waals surface area (Å²) in [4.78, 5) is 18.2. The lowest BCUT2D eigenvalue weighted by Gasteiger charge is -2.28. The number of carbonyl (C=O) groups is 1. The summed E-state index contributed by atoms with van der Waals surface area (Å²) in [6.07, 6.45) is 5.22. The molecule has 0 spiro atoms. The molecular weight excluding hydrogens is 304 g/mol. The molecule has 1 saturated carbocycles. The van der Waals surface area contributed by atoms with E-state index in [-0.39, 0.29) is 11.9 Å². The largest absolute Gasteiger partial charge is 0.368 e. The lowest BCUT2D eigenvalue weighted by Crippen LogP contribution is -2.38. The molecule has 6 heteroatoms. The van der Waals surface area contributed by atoms with Gasteiger partial charge in [-0.3, -0.25) is 4.79 Å². The second-order valence-electron chi connectivity index (χ2n) is 6.48. The molecule has 1 aliphatic carbocycles. The number of aromatic nitrogens is 3. The Kier molecular flexibility index (Phi) is 4.94. The average Bonchev–Trinajstić information content (AvgIpc) is 3.29. The van der Waals surface area contributed by atoms with Gasteiger partial charge in [0, 0.05) is 7.05 Å². The van der Waals surface area contributed by atoms with Crippen LogP contribution in [0.15, 0.2) is 36.9 Å². The number of nitrogens with zero attached hydrogens (tertiary/aromatic N) is 4. The summed E-state index contributed by atoms with van der Waals surface area (Å²) in [5.74, 6) is 0.677. The predicted octanol–water partition coefficient (Wildman–Crippen LogP) is 2.60. The van der Waals surface area contributed by atoms with Crippen LogP contribution in [-0.2, 0) is 9.53 Å². The fourth-order valence-electron chi connectivity index (χ4n) is 2.58. The van der Waals surface area contributed by atoms with Gasteiger partial charge in [-0.1, -0.05) is 12.1 Å². The molecule has 1 fully saturated rings. The van der Waals surface area contributed by atoms with Crippen LogP contribution >= 0.6 is 0 Å². The molecule has 1 heterocycles. The van der Waals surface area contributed by atoms with Crippen molar-refractivity contribution in [3.8, 4) is 5.69 Å². The average molecular weight is 328 g/mol. The zero-order chi connectivity index (χ0) is 17.1. The molecule has 0 saturated heterocycles. The second-order valence-corrected chi connectivity index (χ2v) is 6.48. The maximum atomic E-state index is 12.5. The van der Waals surface area contributed by atoms with Crippen molar-refractivity contribution in [2.45, 2.75) is 38.8 Å². The maximum Gasteiger partial charge on any atom is 0.251 e. The monoisotopic (exact) mass is 328 g/mol. The van der Waals surface area contributed by atoms with Crippen molar-refractivity contribution in [1.29, 1.82) is 0 Å². The molecule has 2 aromatic rings. The zero-order valence-corrected chi connectivity index (χ0v) is 14.4. The number of ether oxygens (including phenoxy) is 1. The molecule has 0 bridgehead atoms. The maximum absolute atomic E-state index is 12.5. The summed E-state index contributed by atoms with van der Waals surface area (Å²) >= 11 is 0. The molecule has 3 rings (SSSR count). The standard InChI is InChI=1S/C18H24N4O2/c1-13(21(3)18(23)14(2)24-10-15-4-5-15)16-6-8-17(9-7-16)22-12-19-11-20-22/h6-9,11-15H,4-5,10H2,1-3H3. The molecule has 24 heavy (non-hydrogen) atoms. The van der Waals surface area contributed by atoms with Crippen molar-refractivity contribution >= 4 is 5.91 Å². The Morgan fingerprint density at radius 3 is 2.62 bits per heavy atom. The fraction of sp³-hybridized carbons (Fsp3) is 0.500. The van der Waals surface area contributed by atoms with Gasteiger partial charge in [0.05, 0.1) is 18.3 Å². The highest BCUT2D eigenvalue weighted by molar-refractivity contribution is 5.80. The molecule has 6 nitrogen and oxygen atoms in total. The van der Waals surface area contributed by atoms with E-state index in [1.54, 1.807) is 15.9 Å².